The predicted molar refractivity (Wildman–Crippen MR) is 198 cm³/mol. The van der Waals surface area contributed by atoms with Crippen LogP contribution in [-0.4, -0.2) is 75.1 Å². The number of aryl methyl sites for hydroxylation is 1. The number of methoxy groups -OCH3 is 1. The summed E-state index contributed by atoms with van der Waals surface area (Å²) < 4.78 is 13.6. The molecule has 0 bridgehead atoms. The van der Waals surface area contributed by atoms with Crippen molar-refractivity contribution in [2.75, 3.05) is 26.8 Å². The molecular weight excluding hydrogens is 653 g/mol. The molecule has 1 aliphatic heterocycles. The maximum absolute atomic E-state index is 13.6. The first-order valence-electron chi connectivity index (χ1n) is 17.5. The topological polar surface area (TPSA) is 131 Å². The second kappa shape index (κ2) is 15.6. The summed E-state index contributed by atoms with van der Waals surface area (Å²) in [5.41, 5.74) is 9.01. The molecule has 270 valence electrons. The molecule has 4 aromatic rings. The van der Waals surface area contributed by atoms with Crippen molar-refractivity contribution in [3.63, 3.8) is 0 Å². The molecule has 3 aromatic heterocycles. The number of carbonyl (C=O) groups is 2. The van der Waals surface area contributed by atoms with Crippen LogP contribution in [0.5, 0.6) is 0 Å². The normalized spacial score (nSPS) is 15.3. The second-order valence-electron chi connectivity index (χ2n) is 14.8. The lowest BCUT2D eigenvalue weighted by Crippen LogP contribution is -2.56. The van der Waals surface area contributed by atoms with Crippen molar-refractivity contribution in [3.05, 3.63) is 58.2 Å². The Morgan fingerprint density at radius 1 is 1.16 bits per heavy atom. The van der Waals surface area contributed by atoms with Crippen LogP contribution in [0.25, 0.3) is 33.4 Å². The molecule has 0 radical (unpaired) electrons. The van der Waals surface area contributed by atoms with Crippen molar-refractivity contribution >= 4 is 34.2 Å². The highest BCUT2D eigenvalue weighted by Crippen LogP contribution is 2.41. The van der Waals surface area contributed by atoms with Gasteiger partial charge in [0.1, 0.15) is 11.6 Å². The van der Waals surface area contributed by atoms with Gasteiger partial charge < -0.3 is 24.5 Å². The molecule has 0 unspecified atom stereocenters. The van der Waals surface area contributed by atoms with Crippen LogP contribution in [0, 0.1) is 5.41 Å². The van der Waals surface area contributed by atoms with E-state index in [1.54, 1.807) is 39.1 Å². The third kappa shape index (κ3) is 8.54. The molecule has 2 atom stereocenters. The monoisotopic (exact) mass is 704 g/mol. The highest BCUT2D eigenvalue weighted by molar-refractivity contribution is 7.10. The summed E-state index contributed by atoms with van der Waals surface area (Å²) in [5, 5.41) is 18.6. The third-order valence-electron chi connectivity index (χ3n) is 8.99. The van der Waals surface area contributed by atoms with Crippen LogP contribution in [0.15, 0.2) is 41.9 Å². The van der Waals surface area contributed by atoms with Crippen LogP contribution in [0.3, 0.4) is 0 Å². The number of pyridine rings is 1. The SMILES string of the molecule is CCn1c(-c2cccnc2[C@H](C)OC)c(CC(C)(C)CO)c2cc(-c3csc(C[C@H](NC(=O)OC(C)(C)C)C(=O)N4CCCCN4)n3)ccc21. The van der Waals surface area contributed by atoms with Gasteiger partial charge in [-0.3, -0.25) is 14.8 Å². The number of carbonyl (C=O) groups excluding carboxylic acids is 2. The number of aliphatic hydroxyl groups is 1. The van der Waals surface area contributed by atoms with Gasteiger partial charge in [-0.15, -0.1) is 11.3 Å². The fourth-order valence-corrected chi connectivity index (χ4v) is 7.26. The van der Waals surface area contributed by atoms with E-state index >= 15 is 0 Å². The van der Waals surface area contributed by atoms with Gasteiger partial charge in [0.2, 0.25) is 0 Å². The Kier molecular flexibility index (Phi) is 11.7. The lowest BCUT2D eigenvalue weighted by Gasteiger charge is -2.31. The number of hydrogen-bond acceptors (Lipinski definition) is 9. The maximum atomic E-state index is 13.6. The number of fused-ring (bicyclic) bond motifs is 1. The average Bonchev–Trinajstić information content (AvgIpc) is 3.68. The van der Waals surface area contributed by atoms with Crippen LogP contribution in [0.1, 0.15) is 83.7 Å². The van der Waals surface area contributed by atoms with Gasteiger partial charge >= 0.3 is 6.09 Å². The fraction of sp³-hybridized carbons (Fsp3) is 0.526. The van der Waals surface area contributed by atoms with Crippen molar-refractivity contribution in [1.82, 2.24) is 30.3 Å². The highest BCUT2D eigenvalue weighted by Gasteiger charge is 2.31. The van der Waals surface area contributed by atoms with Crippen molar-refractivity contribution in [1.29, 1.82) is 0 Å². The van der Waals surface area contributed by atoms with E-state index in [9.17, 15) is 14.7 Å². The lowest BCUT2D eigenvalue weighted by atomic mass is 9.84. The van der Waals surface area contributed by atoms with E-state index in [1.807, 2.05) is 18.4 Å². The first-order valence-corrected chi connectivity index (χ1v) is 18.4. The van der Waals surface area contributed by atoms with Crippen molar-refractivity contribution < 1.29 is 24.2 Å². The van der Waals surface area contributed by atoms with Gasteiger partial charge in [0.05, 0.1) is 28.2 Å². The fourth-order valence-electron chi connectivity index (χ4n) is 6.41. The number of thiazole rings is 1. The molecule has 0 aliphatic carbocycles. The highest BCUT2D eigenvalue weighted by atomic mass is 32.1. The van der Waals surface area contributed by atoms with Crippen molar-refractivity contribution in [3.8, 4) is 22.5 Å². The van der Waals surface area contributed by atoms with Crippen molar-refractivity contribution in [2.24, 2.45) is 5.41 Å². The Balaban J connectivity index is 1.54. The maximum Gasteiger partial charge on any atom is 0.408 e. The largest absolute Gasteiger partial charge is 0.444 e. The van der Waals surface area contributed by atoms with Crippen LogP contribution in [0.2, 0.25) is 0 Å². The van der Waals surface area contributed by atoms with Crippen LogP contribution in [0.4, 0.5) is 4.79 Å². The van der Waals surface area contributed by atoms with E-state index in [0.717, 1.165) is 69.1 Å². The summed E-state index contributed by atoms with van der Waals surface area (Å²) in [6.45, 7) is 15.8. The zero-order valence-corrected chi connectivity index (χ0v) is 31.4. The first-order chi connectivity index (χ1) is 23.7. The predicted octanol–water partition coefficient (Wildman–Crippen LogP) is 6.68. The summed E-state index contributed by atoms with van der Waals surface area (Å²) in [5.74, 6) is -0.212. The Morgan fingerprint density at radius 3 is 2.60 bits per heavy atom. The zero-order chi connectivity index (χ0) is 36.2. The second-order valence-corrected chi connectivity index (χ2v) is 15.7. The van der Waals surface area contributed by atoms with Gasteiger partial charge in [-0.1, -0.05) is 19.9 Å². The van der Waals surface area contributed by atoms with E-state index in [4.69, 9.17) is 19.4 Å². The number of nitrogens with one attached hydrogen (secondary N) is 2. The van der Waals surface area contributed by atoms with Crippen molar-refractivity contribution in [2.45, 2.75) is 98.4 Å². The summed E-state index contributed by atoms with van der Waals surface area (Å²) in [4.78, 5) is 36.1. The number of hydrazine groups is 1. The molecule has 11 nitrogen and oxygen atoms in total. The molecule has 2 amide bonds. The molecule has 0 spiro atoms. The number of hydrogen-bond donors (Lipinski definition) is 3. The Morgan fingerprint density at radius 2 is 1.94 bits per heavy atom. The number of ether oxygens (including phenoxy) is 2. The number of alkyl carbamates (subject to hydrolysis) is 1. The smallest absolute Gasteiger partial charge is 0.408 e. The third-order valence-corrected chi connectivity index (χ3v) is 9.86. The van der Waals surface area contributed by atoms with E-state index in [0.29, 0.717) is 19.5 Å². The molecule has 1 aliphatic rings. The van der Waals surface area contributed by atoms with Gasteiger partial charge in [0.15, 0.2) is 0 Å². The molecule has 50 heavy (non-hydrogen) atoms. The Hall–Kier alpha value is -3.84. The molecule has 0 saturated carbocycles. The molecule has 3 N–H and O–H groups in total. The van der Waals surface area contributed by atoms with Crippen LogP contribution in [-0.2, 0) is 33.7 Å². The summed E-state index contributed by atoms with van der Waals surface area (Å²) in [6.07, 6.45) is 3.73. The molecule has 5 rings (SSSR count). The van der Waals surface area contributed by atoms with E-state index in [1.165, 1.54) is 11.3 Å². The molecule has 4 heterocycles. The van der Waals surface area contributed by atoms with E-state index in [2.05, 4.69) is 60.3 Å². The standard InChI is InChI=1S/C38H52N6O5S/c1-9-43-31-15-14-25(19-27(31)28(21-38(6,7)23-45)34(43)26-13-12-16-39-33(26)24(2)48-8)30-22-50-32(41-30)20-29(42-36(47)49-37(3,4)5)35(46)44-18-11-10-17-40-44/h12-16,19,22,24,29,40,45H,9-11,17-18,20-21,23H2,1-8H3,(H,42,47)/t24-,29-/m0/s1. The molecular formula is C38H52N6O5S. The summed E-state index contributed by atoms with van der Waals surface area (Å²) in [7, 11) is 1.69. The number of rotatable bonds is 12. The summed E-state index contributed by atoms with van der Waals surface area (Å²) >= 11 is 1.46. The van der Waals surface area contributed by atoms with Gasteiger partial charge in [-0.05, 0) is 89.1 Å². The average molecular weight is 705 g/mol. The van der Waals surface area contributed by atoms with E-state index in [-0.39, 0.29) is 30.5 Å². The van der Waals surface area contributed by atoms with Crippen LogP contribution >= 0.6 is 11.3 Å². The number of benzene rings is 1. The number of aliphatic hydroxyl groups excluding tert-OH is 1. The quantitative estimate of drug-likeness (QED) is 0.149. The molecule has 1 fully saturated rings. The first kappa shape index (κ1) is 37.4. The zero-order valence-electron chi connectivity index (χ0n) is 30.6. The number of amides is 2. The lowest BCUT2D eigenvalue weighted by molar-refractivity contribution is -0.137. The minimum atomic E-state index is -0.839. The molecule has 1 saturated heterocycles. The van der Waals surface area contributed by atoms with Gasteiger partial charge in [0, 0.05) is 73.4 Å². The minimum absolute atomic E-state index is 0.0406. The number of aromatic nitrogens is 3. The molecule has 1 aromatic carbocycles. The number of nitrogens with zero attached hydrogens (tertiary/aromatic N) is 4. The van der Waals surface area contributed by atoms with Gasteiger partial charge in [0.25, 0.3) is 5.91 Å². The Labute approximate surface area is 299 Å². The van der Waals surface area contributed by atoms with Gasteiger partial charge in [-0.25, -0.2) is 15.2 Å². The summed E-state index contributed by atoms with van der Waals surface area (Å²) in [6, 6.07) is 9.62. The minimum Gasteiger partial charge on any atom is -0.444 e. The van der Waals surface area contributed by atoms with Crippen LogP contribution < -0.4 is 10.7 Å². The van der Waals surface area contributed by atoms with E-state index < -0.39 is 17.7 Å². The van der Waals surface area contributed by atoms with Gasteiger partial charge in [-0.2, -0.15) is 0 Å². The molecule has 12 heteroatoms. The Bertz CT molecular complexity index is 1800.